The van der Waals surface area contributed by atoms with E-state index in [1.165, 1.54) is 24.3 Å². The number of hydrogen-bond acceptors (Lipinski definition) is 5. The number of nitrogens with zero attached hydrogens (tertiary/aromatic N) is 1. The Bertz CT molecular complexity index is 1050. The molecule has 1 heterocycles. The van der Waals surface area contributed by atoms with Crippen LogP contribution in [0.4, 0.5) is 27.6 Å². The highest BCUT2D eigenvalue weighted by Gasteiger charge is 2.49. The van der Waals surface area contributed by atoms with Gasteiger partial charge in [-0.25, -0.2) is 13.7 Å². The van der Waals surface area contributed by atoms with Gasteiger partial charge in [0, 0.05) is 12.1 Å². The minimum atomic E-state index is -6.26. The lowest BCUT2D eigenvalue weighted by atomic mass is 10.1. The van der Waals surface area contributed by atoms with Gasteiger partial charge in [-0.1, -0.05) is 12.1 Å². The van der Waals surface area contributed by atoms with Crippen LogP contribution in [0.2, 0.25) is 0 Å². The van der Waals surface area contributed by atoms with Gasteiger partial charge in [0.25, 0.3) is 11.8 Å². The fourth-order valence-corrected chi connectivity index (χ4v) is 2.79. The van der Waals surface area contributed by atoms with Crippen LogP contribution in [0.15, 0.2) is 36.4 Å². The highest BCUT2D eigenvalue weighted by Crippen LogP contribution is 2.36. The van der Waals surface area contributed by atoms with Crippen LogP contribution in [0.5, 0.6) is 5.75 Å². The van der Waals surface area contributed by atoms with Crippen LogP contribution in [0.25, 0.3) is 0 Å². The molecule has 0 saturated heterocycles. The van der Waals surface area contributed by atoms with Gasteiger partial charge in [-0.15, -0.1) is 0 Å². The summed E-state index contributed by atoms with van der Waals surface area (Å²) < 4.78 is 90.8. The van der Waals surface area contributed by atoms with Gasteiger partial charge in [0.2, 0.25) is 0 Å². The summed E-state index contributed by atoms with van der Waals surface area (Å²) in [6.07, 6.45) is 0. The molecule has 27 heavy (non-hydrogen) atoms. The zero-order valence-corrected chi connectivity index (χ0v) is 13.6. The van der Waals surface area contributed by atoms with Crippen molar-refractivity contribution >= 4 is 27.6 Å². The van der Waals surface area contributed by atoms with Gasteiger partial charge in [-0.05, 0) is 12.1 Å². The first-order valence-corrected chi connectivity index (χ1v) is 8.32. The van der Waals surface area contributed by atoms with Gasteiger partial charge < -0.3 is 4.18 Å². The predicted octanol–water partition coefficient (Wildman–Crippen LogP) is 2.99. The Morgan fingerprint density at radius 2 is 1.41 bits per heavy atom. The summed E-state index contributed by atoms with van der Waals surface area (Å²) in [6.45, 7) is 0. The number of hydrogen-bond donors (Lipinski definition) is 0. The second-order valence-corrected chi connectivity index (χ2v) is 6.75. The first-order chi connectivity index (χ1) is 12.4. The Morgan fingerprint density at radius 1 is 0.889 bits per heavy atom. The second-order valence-electron chi connectivity index (χ2n) is 5.21. The molecule has 2 aromatic rings. The van der Waals surface area contributed by atoms with Gasteiger partial charge >= 0.3 is 15.6 Å². The van der Waals surface area contributed by atoms with E-state index in [2.05, 4.69) is 4.18 Å². The summed E-state index contributed by atoms with van der Waals surface area (Å²) in [6, 6.07) is 5.53. The van der Waals surface area contributed by atoms with Crippen molar-refractivity contribution in [2.24, 2.45) is 0 Å². The van der Waals surface area contributed by atoms with E-state index in [-0.39, 0.29) is 28.2 Å². The molecule has 2 aromatic carbocycles. The van der Waals surface area contributed by atoms with E-state index in [9.17, 15) is 40.0 Å². The van der Waals surface area contributed by atoms with E-state index in [0.717, 1.165) is 0 Å². The molecule has 0 N–H and O–H groups in total. The molecular weight excluding hydrogens is 401 g/mol. The van der Waals surface area contributed by atoms with Gasteiger partial charge in [-0.2, -0.15) is 21.6 Å². The van der Waals surface area contributed by atoms with Crippen molar-refractivity contribution in [2.45, 2.75) is 5.51 Å². The SMILES string of the molecule is O=C1c2ccccc2C(=O)N1c1cc(OS(=O)(=O)C(F)(F)F)c(F)cc1F. The van der Waals surface area contributed by atoms with Crippen molar-refractivity contribution in [3.63, 3.8) is 0 Å². The lowest BCUT2D eigenvalue weighted by molar-refractivity contribution is -0.0501. The topological polar surface area (TPSA) is 80.8 Å². The van der Waals surface area contributed by atoms with Crippen molar-refractivity contribution in [1.29, 1.82) is 0 Å². The molecule has 3 rings (SSSR count). The smallest absolute Gasteiger partial charge is 0.373 e. The molecule has 0 aromatic heterocycles. The summed E-state index contributed by atoms with van der Waals surface area (Å²) in [5, 5.41) is 0. The summed E-state index contributed by atoms with van der Waals surface area (Å²) in [4.78, 5) is 24.9. The van der Waals surface area contributed by atoms with E-state index in [1.807, 2.05) is 0 Å². The molecule has 142 valence electrons. The number of imide groups is 1. The Kier molecular flexibility index (Phi) is 4.18. The van der Waals surface area contributed by atoms with E-state index in [1.54, 1.807) is 0 Å². The molecular formula is C15H6F5NO5S. The maximum Gasteiger partial charge on any atom is 0.534 e. The second kappa shape index (κ2) is 6.01. The summed E-state index contributed by atoms with van der Waals surface area (Å²) in [7, 11) is -6.26. The average Bonchev–Trinajstić information content (AvgIpc) is 2.81. The number of carbonyl (C=O) groups excluding carboxylic acids is 2. The minimum Gasteiger partial charge on any atom is -0.373 e. The van der Waals surface area contributed by atoms with Crippen LogP contribution in [0, 0.1) is 11.6 Å². The van der Waals surface area contributed by atoms with E-state index < -0.39 is 50.5 Å². The Balaban J connectivity index is 2.09. The van der Waals surface area contributed by atoms with E-state index >= 15 is 0 Å². The normalized spacial score (nSPS) is 14.5. The van der Waals surface area contributed by atoms with E-state index in [0.29, 0.717) is 0 Å². The lowest BCUT2D eigenvalue weighted by Gasteiger charge is -2.17. The average molecular weight is 407 g/mol. The third-order valence-electron chi connectivity index (χ3n) is 3.52. The van der Waals surface area contributed by atoms with Crippen molar-refractivity contribution < 1.29 is 44.1 Å². The maximum absolute atomic E-state index is 14.1. The number of amides is 2. The quantitative estimate of drug-likeness (QED) is 0.338. The van der Waals surface area contributed by atoms with Crippen LogP contribution in [-0.2, 0) is 10.1 Å². The zero-order valence-electron chi connectivity index (χ0n) is 12.8. The highest BCUT2D eigenvalue weighted by atomic mass is 32.2. The highest BCUT2D eigenvalue weighted by molar-refractivity contribution is 7.88. The first-order valence-electron chi connectivity index (χ1n) is 6.91. The Hall–Kier alpha value is -3.02. The number of carbonyl (C=O) groups is 2. The van der Waals surface area contributed by atoms with Crippen LogP contribution in [0.3, 0.4) is 0 Å². The number of anilines is 1. The van der Waals surface area contributed by atoms with E-state index in [4.69, 9.17) is 0 Å². The van der Waals surface area contributed by atoms with Crippen LogP contribution < -0.4 is 9.08 Å². The monoisotopic (exact) mass is 407 g/mol. The third kappa shape index (κ3) is 3.01. The van der Waals surface area contributed by atoms with Crippen LogP contribution in [0.1, 0.15) is 20.7 Å². The molecule has 6 nitrogen and oxygen atoms in total. The van der Waals surface area contributed by atoms with Crippen molar-refractivity contribution in [3.05, 3.63) is 59.2 Å². The maximum atomic E-state index is 14.1. The lowest BCUT2D eigenvalue weighted by Crippen LogP contribution is -2.31. The largest absolute Gasteiger partial charge is 0.534 e. The predicted molar refractivity (Wildman–Crippen MR) is 79.5 cm³/mol. The zero-order chi connectivity index (χ0) is 20.1. The number of halogens is 5. The summed E-state index contributed by atoms with van der Waals surface area (Å²) >= 11 is 0. The molecule has 0 aliphatic carbocycles. The fourth-order valence-electron chi connectivity index (χ4n) is 2.33. The molecule has 2 amide bonds. The van der Waals surface area contributed by atoms with Gasteiger partial charge in [0.15, 0.2) is 17.4 Å². The molecule has 0 bridgehead atoms. The van der Waals surface area contributed by atoms with Gasteiger partial charge in [0.1, 0.15) is 0 Å². The molecule has 0 fully saturated rings. The van der Waals surface area contributed by atoms with Gasteiger partial charge in [0.05, 0.1) is 16.8 Å². The Labute approximate surface area is 147 Å². The number of rotatable bonds is 3. The molecule has 0 saturated carbocycles. The number of benzene rings is 2. The standard InChI is InChI=1S/C15H6F5NO5S/c16-9-5-10(17)12(26-27(24,25)15(18,19)20)6-11(9)21-13(22)7-3-1-2-4-8(7)14(21)23/h1-6H. The van der Waals surface area contributed by atoms with Crippen molar-refractivity contribution in [3.8, 4) is 5.75 Å². The van der Waals surface area contributed by atoms with Gasteiger partial charge in [-0.3, -0.25) is 9.59 Å². The third-order valence-corrected chi connectivity index (χ3v) is 4.49. The number of fused-ring (bicyclic) bond motifs is 1. The molecule has 0 unspecified atom stereocenters. The summed E-state index contributed by atoms with van der Waals surface area (Å²) in [5.41, 5.74) is -7.06. The first kappa shape index (κ1) is 18.8. The minimum absolute atomic E-state index is 0.000107. The fraction of sp³-hybridized carbons (Fsp3) is 0.0667. The van der Waals surface area contributed by atoms with Crippen molar-refractivity contribution in [2.75, 3.05) is 4.90 Å². The van der Waals surface area contributed by atoms with Crippen LogP contribution >= 0.6 is 0 Å². The molecule has 0 atom stereocenters. The Morgan fingerprint density at radius 3 is 1.89 bits per heavy atom. The molecule has 1 aliphatic rings. The molecule has 0 radical (unpaired) electrons. The van der Waals surface area contributed by atoms with Crippen molar-refractivity contribution in [1.82, 2.24) is 0 Å². The molecule has 0 spiro atoms. The van der Waals surface area contributed by atoms with Crippen LogP contribution in [-0.4, -0.2) is 25.7 Å². The summed E-state index contributed by atoms with van der Waals surface area (Å²) in [5.74, 6) is -6.84. The number of alkyl halides is 3. The molecule has 1 aliphatic heterocycles. The molecule has 12 heteroatoms.